The molecule has 0 heterocycles. The van der Waals surface area contributed by atoms with Gasteiger partial charge in [0.15, 0.2) is 0 Å². The van der Waals surface area contributed by atoms with Crippen LogP contribution in [-0.4, -0.2) is 21.7 Å². The minimum absolute atomic E-state index is 0.835. The van der Waals surface area contributed by atoms with Crippen molar-refractivity contribution >= 4 is 8.07 Å². The fourth-order valence-electron chi connectivity index (χ4n) is 1.84. The zero-order valence-corrected chi connectivity index (χ0v) is 10.4. The lowest BCUT2D eigenvalue weighted by atomic mass is 10.1. The molecule has 0 spiro atoms. The van der Waals surface area contributed by atoms with Gasteiger partial charge >= 0.3 is 0 Å². The molecule has 0 amide bonds. The molecule has 0 saturated carbocycles. The van der Waals surface area contributed by atoms with Crippen molar-refractivity contribution in [2.45, 2.75) is 45.5 Å². The summed E-state index contributed by atoms with van der Waals surface area (Å²) in [6, 6.07) is 1.47. The largest absolute Gasteiger partial charge is 0.319 e. The van der Waals surface area contributed by atoms with Crippen LogP contribution in [0.1, 0.15) is 19.8 Å². The summed E-state index contributed by atoms with van der Waals surface area (Å²) in [7, 11) is 1.23. The number of rotatable bonds is 6. The van der Waals surface area contributed by atoms with Gasteiger partial charge < -0.3 is 5.32 Å². The van der Waals surface area contributed by atoms with E-state index in [1.807, 2.05) is 0 Å². The molecule has 74 valence electrons. The minimum atomic E-state index is -0.835. The van der Waals surface area contributed by atoms with Gasteiger partial charge in [0.05, 0.1) is 0 Å². The predicted molar refractivity (Wildman–Crippen MR) is 60.5 cm³/mol. The third kappa shape index (κ3) is 6.86. The molecular weight excluding hydrogens is 162 g/mol. The van der Waals surface area contributed by atoms with Crippen LogP contribution in [0.15, 0.2) is 0 Å². The van der Waals surface area contributed by atoms with E-state index in [1.165, 1.54) is 25.4 Å². The van der Waals surface area contributed by atoms with Crippen molar-refractivity contribution in [2.24, 2.45) is 5.92 Å². The number of nitrogens with one attached hydrogen (secondary N) is 1. The van der Waals surface area contributed by atoms with E-state index in [9.17, 15) is 0 Å². The Morgan fingerprint density at radius 1 is 1.25 bits per heavy atom. The highest BCUT2D eigenvalue weighted by atomic mass is 28.3. The van der Waals surface area contributed by atoms with E-state index >= 15 is 0 Å². The van der Waals surface area contributed by atoms with Crippen molar-refractivity contribution in [1.82, 2.24) is 5.32 Å². The van der Waals surface area contributed by atoms with Gasteiger partial charge in [-0.05, 0) is 25.9 Å². The molecule has 1 unspecified atom stereocenters. The lowest BCUT2D eigenvalue weighted by molar-refractivity contribution is 0.493. The van der Waals surface area contributed by atoms with Crippen molar-refractivity contribution in [3.63, 3.8) is 0 Å². The molecule has 0 aliphatic carbocycles. The smallest absolute Gasteiger partial charge is 0.0445 e. The lowest BCUT2D eigenvalue weighted by Crippen LogP contribution is -2.29. The van der Waals surface area contributed by atoms with Crippen LogP contribution in [0.25, 0.3) is 0 Å². The standard InChI is InChI=1S/C10H25NSi/c1-6-7-10(8-11-2)9-12(3,4)5/h10-11H,6-9H2,1-5H3. The Morgan fingerprint density at radius 3 is 2.17 bits per heavy atom. The summed E-state index contributed by atoms with van der Waals surface area (Å²) in [5, 5.41) is 3.30. The van der Waals surface area contributed by atoms with Crippen molar-refractivity contribution in [3.8, 4) is 0 Å². The van der Waals surface area contributed by atoms with Crippen LogP contribution in [0.2, 0.25) is 25.7 Å². The third-order valence-corrected chi connectivity index (χ3v) is 3.89. The highest BCUT2D eigenvalue weighted by Gasteiger charge is 2.18. The zero-order valence-electron chi connectivity index (χ0n) is 9.41. The van der Waals surface area contributed by atoms with E-state index in [-0.39, 0.29) is 0 Å². The second kappa shape index (κ2) is 5.76. The second-order valence-corrected chi connectivity index (χ2v) is 10.5. The van der Waals surface area contributed by atoms with E-state index in [0.717, 1.165) is 5.92 Å². The summed E-state index contributed by atoms with van der Waals surface area (Å²) in [6.07, 6.45) is 2.72. The van der Waals surface area contributed by atoms with Gasteiger partial charge in [0, 0.05) is 8.07 Å². The molecule has 0 saturated heterocycles. The normalized spacial score (nSPS) is 14.8. The van der Waals surface area contributed by atoms with Gasteiger partial charge in [0.25, 0.3) is 0 Å². The van der Waals surface area contributed by atoms with Crippen LogP contribution >= 0.6 is 0 Å². The van der Waals surface area contributed by atoms with Crippen LogP contribution in [0.5, 0.6) is 0 Å². The Morgan fingerprint density at radius 2 is 1.83 bits per heavy atom. The second-order valence-electron chi connectivity index (χ2n) is 4.98. The van der Waals surface area contributed by atoms with E-state index in [1.54, 1.807) is 0 Å². The molecule has 0 rings (SSSR count). The fraction of sp³-hybridized carbons (Fsp3) is 1.00. The average Bonchev–Trinajstić information content (AvgIpc) is 1.84. The molecule has 0 aromatic rings. The molecule has 0 aromatic carbocycles. The molecule has 2 heteroatoms. The maximum atomic E-state index is 3.30. The molecule has 0 aliphatic rings. The Kier molecular flexibility index (Phi) is 5.84. The summed E-state index contributed by atoms with van der Waals surface area (Å²) in [4.78, 5) is 0. The van der Waals surface area contributed by atoms with Crippen LogP contribution in [0.3, 0.4) is 0 Å². The van der Waals surface area contributed by atoms with Gasteiger partial charge in [-0.2, -0.15) is 0 Å². The van der Waals surface area contributed by atoms with Gasteiger partial charge in [-0.25, -0.2) is 0 Å². The van der Waals surface area contributed by atoms with E-state index in [0.29, 0.717) is 0 Å². The fourth-order valence-corrected chi connectivity index (χ4v) is 3.92. The topological polar surface area (TPSA) is 12.0 Å². The van der Waals surface area contributed by atoms with Gasteiger partial charge in [-0.1, -0.05) is 39.0 Å². The summed E-state index contributed by atoms with van der Waals surface area (Å²) in [5.41, 5.74) is 0. The highest BCUT2D eigenvalue weighted by Crippen LogP contribution is 2.20. The summed E-state index contributed by atoms with van der Waals surface area (Å²) >= 11 is 0. The zero-order chi connectivity index (χ0) is 9.61. The Hall–Kier alpha value is 0.177. The van der Waals surface area contributed by atoms with E-state index < -0.39 is 8.07 Å². The molecule has 12 heavy (non-hydrogen) atoms. The monoisotopic (exact) mass is 187 g/mol. The lowest BCUT2D eigenvalue weighted by Gasteiger charge is -2.23. The first-order chi connectivity index (χ1) is 5.49. The Bertz CT molecular complexity index is 101. The highest BCUT2D eigenvalue weighted by molar-refractivity contribution is 6.76. The molecule has 0 radical (unpaired) electrons. The Balaban J connectivity index is 3.77. The molecule has 1 atom stereocenters. The minimum Gasteiger partial charge on any atom is -0.319 e. The van der Waals surface area contributed by atoms with Gasteiger partial charge in [0.2, 0.25) is 0 Å². The maximum Gasteiger partial charge on any atom is 0.0445 e. The molecule has 0 aliphatic heterocycles. The molecule has 0 bridgehead atoms. The number of hydrogen-bond acceptors (Lipinski definition) is 1. The van der Waals surface area contributed by atoms with Crippen LogP contribution in [0, 0.1) is 5.92 Å². The third-order valence-electron chi connectivity index (χ3n) is 2.09. The maximum absolute atomic E-state index is 3.30. The summed E-state index contributed by atoms with van der Waals surface area (Å²) < 4.78 is 0. The van der Waals surface area contributed by atoms with Gasteiger partial charge in [0.1, 0.15) is 0 Å². The van der Waals surface area contributed by atoms with Crippen LogP contribution in [-0.2, 0) is 0 Å². The first kappa shape index (κ1) is 12.2. The molecular formula is C10H25NSi. The Labute approximate surface area is 79.0 Å². The summed E-state index contributed by atoms with van der Waals surface area (Å²) in [6.45, 7) is 10.9. The van der Waals surface area contributed by atoms with Crippen molar-refractivity contribution in [3.05, 3.63) is 0 Å². The van der Waals surface area contributed by atoms with Crippen LogP contribution < -0.4 is 5.32 Å². The van der Waals surface area contributed by atoms with E-state index in [2.05, 4.69) is 38.9 Å². The molecule has 0 fully saturated rings. The van der Waals surface area contributed by atoms with Crippen molar-refractivity contribution in [2.75, 3.05) is 13.6 Å². The molecule has 1 N–H and O–H groups in total. The summed E-state index contributed by atoms with van der Waals surface area (Å²) in [5.74, 6) is 0.923. The molecule has 0 aromatic heterocycles. The predicted octanol–water partition coefficient (Wildman–Crippen LogP) is 2.96. The van der Waals surface area contributed by atoms with Crippen molar-refractivity contribution < 1.29 is 0 Å². The van der Waals surface area contributed by atoms with E-state index in [4.69, 9.17) is 0 Å². The van der Waals surface area contributed by atoms with Crippen LogP contribution in [0.4, 0.5) is 0 Å². The number of hydrogen-bond donors (Lipinski definition) is 1. The molecule has 1 nitrogen and oxygen atoms in total. The quantitative estimate of drug-likeness (QED) is 0.630. The first-order valence-corrected chi connectivity index (χ1v) is 8.85. The average molecular weight is 187 g/mol. The van der Waals surface area contributed by atoms with Gasteiger partial charge in [-0.3, -0.25) is 0 Å². The SMILES string of the molecule is CCCC(CNC)C[Si](C)(C)C. The van der Waals surface area contributed by atoms with Crippen molar-refractivity contribution in [1.29, 1.82) is 0 Å². The first-order valence-electron chi connectivity index (χ1n) is 5.14. The van der Waals surface area contributed by atoms with Gasteiger partial charge in [-0.15, -0.1) is 0 Å².